The van der Waals surface area contributed by atoms with Gasteiger partial charge in [0.05, 0.1) is 0 Å². The lowest BCUT2D eigenvalue weighted by molar-refractivity contribution is -0.141. The van der Waals surface area contributed by atoms with Crippen LogP contribution < -0.4 is 5.32 Å². The molecule has 0 atom stereocenters. The van der Waals surface area contributed by atoms with Crippen LogP contribution in [-0.2, 0) is 32.1 Å². The van der Waals surface area contributed by atoms with Crippen LogP contribution in [0.3, 0.4) is 0 Å². The molecule has 0 unspecified atom stereocenters. The van der Waals surface area contributed by atoms with E-state index in [2.05, 4.69) is 14.9 Å². The minimum Gasteiger partial charge on any atom is -0.344 e. The van der Waals surface area contributed by atoms with Gasteiger partial charge in [0.25, 0.3) is 0 Å². The van der Waals surface area contributed by atoms with E-state index in [1.165, 1.54) is 23.5 Å². The Morgan fingerprint density at radius 2 is 2.04 bits per heavy atom. The van der Waals surface area contributed by atoms with Crippen molar-refractivity contribution < 1.29 is 13.2 Å². The maximum atomic E-state index is 12.6. The van der Waals surface area contributed by atoms with E-state index in [1.54, 1.807) is 0 Å². The van der Waals surface area contributed by atoms with Crippen LogP contribution in [0.25, 0.3) is 10.9 Å². The molecule has 1 N–H and O–H groups in total. The topological polar surface area (TPSA) is 29.9 Å². The standard InChI is InChI=1S/C19H17ClF3N3/c20-13-2-3-16-14(9-13)15-11-24-7-5-17(15)26(16)8-6-12-1-4-18(25-10-12)19(21,22)23/h1-4,9-10,24H,5-8,11H2. The third-order valence-corrected chi connectivity index (χ3v) is 5.06. The van der Waals surface area contributed by atoms with Gasteiger partial charge in [0, 0.05) is 53.9 Å². The summed E-state index contributed by atoms with van der Waals surface area (Å²) in [7, 11) is 0. The molecule has 2 aromatic heterocycles. The Balaban J connectivity index is 1.63. The van der Waals surface area contributed by atoms with Crippen LogP contribution in [0.15, 0.2) is 36.5 Å². The summed E-state index contributed by atoms with van der Waals surface area (Å²) in [5.41, 5.74) is 3.59. The van der Waals surface area contributed by atoms with Crippen molar-refractivity contribution in [3.8, 4) is 0 Å². The molecule has 0 spiro atoms. The van der Waals surface area contributed by atoms with E-state index in [9.17, 15) is 13.2 Å². The number of hydrogen-bond donors (Lipinski definition) is 1. The van der Waals surface area contributed by atoms with E-state index >= 15 is 0 Å². The molecule has 3 nitrogen and oxygen atoms in total. The molecule has 7 heteroatoms. The summed E-state index contributed by atoms with van der Waals surface area (Å²) in [5, 5.41) is 5.23. The average molecular weight is 380 g/mol. The van der Waals surface area contributed by atoms with Gasteiger partial charge in [-0.05, 0) is 41.8 Å². The molecule has 0 radical (unpaired) electrons. The molecule has 0 fully saturated rings. The predicted molar refractivity (Wildman–Crippen MR) is 95.3 cm³/mol. The third kappa shape index (κ3) is 3.19. The minimum absolute atomic E-state index is 0.622. The zero-order chi connectivity index (χ0) is 18.3. The number of nitrogens with zero attached hydrogens (tertiary/aromatic N) is 2. The number of pyridine rings is 1. The second kappa shape index (κ2) is 6.59. The Morgan fingerprint density at radius 1 is 1.19 bits per heavy atom. The Hall–Kier alpha value is -2.05. The number of halogens is 4. The van der Waals surface area contributed by atoms with E-state index in [-0.39, 0.29) is 0 Å². The first-order chi connectivity index (χ1) is 12.4. The lowest BCUT2D eigenvalue weighted by Gasteiger charge is -2.17. The van der Waals surface area contributed by atoms with Crippen LogP contribution in [0, 0.1) is 0 Å². The van der Waals surface area contributed by atoms with Crippen molar-refractivity contribution in [2.45, 2.75) is 32.1 Å². The van der Waals surface area contributed by atoms with Crippen molar-refractivity contribution in [2.24, 2.45) is 0 Å². The molecule has 0 saturated carbocycles. The Morgan fingerprint density at radius 3 is 2.77 bits per heavy atom. The molecule has 136 valence electrons. The lowest BCUT2D eigenvalue weighted by Crippen LogP contribution is -2.24. The SMILES string of the molecule is FC(F)(F)c1ccc(CCn2c3c(c4cc(Cl)ccc42)CNCC3)cn1. The van der Waals surface area contributed by atoms with Gasteiger partial charge < -0.3 is 9.88 Å². The largest absolute Gasteiger partial charge is 0.433 e. The first kappa shape index (κ1) is 17.4. The van der Waals surface area contributed by atoms with Gasteiger partial charge in [-0.1, -0.05) is 17.7 Å². The maximum Gasteiger partial charge on any atom is 0.433 e. The van der Waals surface area contributed by atoms with Crippen molar-refractivity contribution in [3.05, 3.63) is 64.1 Å². The summed E-state index contributed by atoms with van der Waals surface area (Å²) in [4.78, 5) is 3.55. The maximum absolute atomic E-state index is 12.6. The van der Waals surface area contributed by atoms with Crippen molar-refractivity contribution in [1.29, 1.82) is 0 Å². The van der Waals surface area contributed by atoms with Crippen LogP contribution in [0.1, 0.15) is 22.5 Å². The quantitative estimate of drug-likeness (QED) is 0.721. The normalized spacial score (nSPS) is 14.6. The van der Waals surface area contributed by atoms with E-state index in [4.69, 9.17) is 11.6 Å². The van der Waals surface area contributed by atoms with Gasteiger partial charge in [-0.3, -0.25) is 4.98 Å². The number of alkyl halides is 3. The van der Waals surface area contributed by atoms with Crippen molar-refractivity contribution in [3.63, 3.8) is 0 Å². The van der Waals surface area contributed by atoms with Crippen LogP contribution in [0.5, 0.6) is 0 Å². The van der Waals surface area contributed by atoms with Crippen LogP contribution >= 0.6 is 11.6 Å². The monoisotopic (exact) mass is 379 g/mol. The molecule has 0 saturated heterocycles. The number of aryl methyl sites for hydroxylation is 2. The highest BCUT2D eigenvalue weighted by molar-refractivity contribution is 6.31. The summed E-state index contributed by atoms with van der Waals surface area (Å²) in [6.07, 6.45) is -1.54. The zero-order valence-corrected chi connectivity index (χ0v) is 14.7. The minimum atomic E-state index is -4.40. The summed E-state index contributed by atoms with van der Waals surface area (Å²) in [5.74, 6) is 0. The van der Waals surface area contributed by atoms with Crippen LogP contribution in [0.2, 0.25) is 5.02 Å². The second-order valence-corrected chi connectivity index (χ2v) is 6.90. The first-order valence-corrected chi connectivity index (χ1v) is 8.83. The Labute approximate surface area is 153 Å². The Kier molecular flexibility index (Phi) is 4.40. The van der Waals surface area contributed by atoms with Crippen LogP contribution in [-0.4, -0.2) is 16.1 Å². The van der Waals surface area contributed by atoms with Crippen molar-refractivity contribution >= 4 is 22.5 Å². The van der Waals surface area contributed by atoms with Crippen molar-refractivity contribution in [2.75, 3.05) is 6.54 Å². The molecule has 1 aromatic carbocycles. The number of rotatable bonds is 3. The highest BCUT2D eigenvalue weighted by Gasteiger charge is 2.32. The summed E-state index contributed by atoms with van der Waals surface area (Å²) in [6, 6.07) is 8.42. The lowest BCUT2D eigenvalue weighted by atomic mass is 10.1. The van der Waals surface area contributed by atoms with E-state index in [0.717, 1.165) is 42.0 Å². The zero-order valence-electron chi connectivity index (χ0n) is 13.9. The number of aromatic nitrogens is 2. The summed E-state index contributed by atoms with van der Waals surface area (Å²) in [6.45, 7) is 2.42. The van der Waals surface area contributed by atoms with Gasteiger partial charge in [0.1, 0.15) is 5.69 Å². The molecule has 0 bridgehead atoms. The smallest absolute Gasteiger partial charge is 0.344 e. The second-order valence-electron chi connectivity index (χ2n) is 6.46. The fraction of sp³-hybridized carbons (Fsp3) is 0.316. The molecule has 1 aliphatic rings. The number of benzene rings is 1. The van der Waals surface area contributed by atoms with E-state index in [0.29, 0.717) is 18.0 Å². The van der Waals surface area contributed by atoms with Gasteiger partial charge >= 0.3 is 6.18 Å². The molecular formula is C19H17ClF3N3. The predicted octanol–water partition coefficient (Wildman–Crippen LogP) is 4.60. The van der Waals surface area contributed by atoms with Gasteiger partial charge in [0.2, 0.25) is 0 Å². The molecule has 0 aliphatic carbocycles. The van der Waals surface area contributed by atoms with Crippen molar-refractivity contribution in [1.82, 2.24) is 14.9 Å². The van der Waals surface area contributed by atoms with Gasteiger partial charge in [-0.2, -0.15) is 13.2 Å². The molecular weight excluding hydrogens is 363 g/mol. The van der Waals surface area contributed by atoms with Crippen LogP contribution in [0.4, 0.5) is 13.2 Å². The summed E-state index contributed by atoms with van der Waals surface area (Å²) < 4.78 is 40.2. The Bertz CT molecular complexity index is 945. The van der Waals surface area contributed by atoms with E-state index in [1.807, 2.05) is 18.2 Å². The fourth-order valence-corrected chi connectivity index (χ4v) is 3.76. The number of hydrogen-bond acceptors (Lipinski definition) is 2. The molecule has 0 amide bonds. The number of nitrogens with one attached hydrogen (secondary N) is 1. The third-order valence-electron chi connectivity index (χ3n) is 4.83. The average Bonchev–Trinajstić information content (AvgIpc) is 2.93. The summed E-state index contributed by atoms with van der Waals surface area (Å²) >= 11 is 6.17. The fourth-order valence-electron chi connectivity index (χ4n) is 3.59. The molecule has 26 heavy (non-hydrogen) atoms. The highest BCUT2D eigenvalue weighted by atomic mass is 35.5. The molecule has 3 heterocycles. The molecule has 4 rings (SSSR count). The highest BCUT2D eigenvalue weighted by Crippen LogP contribution is 2.31. The molecule has 3 aromatic rings. The number of fused-ring (bicyclic) bond motifs is 3. The molecule has 1 aliphatic heterocycles. The van der Waals surface area contributed by atoms with Gasteiger partial charge in [-0.15, -0.1) is 0 Å². The van der Waals surface area contributed by atoms with E-state index < -0.39 is 11.9 Å². The van der Waals surface area contributed by atoms with Gasteiger partial charge in [0.15, 0.2) is 0 Å². The first-order valence-electron chi connectivity index (χ1n) is 8.46. The van der Waals surface area contributed by atoms with Gasteiger partial charge in [-0.25, -0.2) is 0 Å².